The van der Waals surface area contributed by atoms with Crippen molar-refractivity contribution in [1.29, 1.82) is 0 Å². The van der Waals surface area contributed by atoms with Crippen molar-refractivity contribution in [3.8, 4) is 5.75 Å². The molecule has 0 aromatic heterocycles. The van der Waals surface area contributed by atoms with Crippen LogP contribution in [0.2, 0.25) is 0 Å². The van der Waals surface area contributed by atoms with Crippen LogP contribution in [0.5, 0.6) is 5.75 Å². The van der Waals surface area contributed by atoms with Crippen molar-refractivity contribution in [3.63, 3.8) is 0 Å². The first-order chi connectivity index (χ1) is 15.5. The molecule has 0 N–H and O–H groups in total. The summed E-state index contributed by atoms with van der Waals surface area (Å²) in [6.07, 6.45) is 5.17. The molecule has 0 saturated heterocycles. The van der Waals surface area contributed by atoms with Crippen LogP contribution in [0.25, 0.3) is 0 Å². The third-order valence-corrected chi connectivity index (χ3v) is 8.45. The van der Waals surface area contributed by atoms with Gasteiger partial charge in [0.1, 0.15) is 18.1 Å². The lowest BCUT2D eigenvalue weighted by atomic mass is 9.55. The fourth-order valence-corrected chi connectivity index (χ4v) is 6.79. The average Bonchev–Trinajstić information content (AvgIpc) is 3.08. The van der Waals surface area contributed by atoms with E-state index in [0.717, 1.165) is 37.9 Å². The second-order valence-electron chi connectivity index (χ2n) is 10.1. The number of Topliss-reactive ketones (excluding diaryl/α,β-unsaturated/α-hetero) is 1. The molecular formula is C28H32O4. The smallest absolute Gasteiger partial charge is 0.306 e. The topological polar surface area (TPSA) is 52.6 Å². The van der Waals surface area contributed by atoms with Crippen molar-refractivity contribution in [3.05, 3.63) is 65.2 Å². The van der Waals surface area contributed by atoms with E-state index in [4.69, 9.17) is 9.47 Å². The number of fused-ring (bicyclic) bond motifs is 5. The van der Waals surface area contributed by atoms with Crippen LogP contribution in [-0.4, -0.2) is 18.9 Å². The molecular weight excluding hydrogens is 400 g/mol. The zero-order chi connectivity index (χ0) is 22.3. The van der Waals surface area contributed by atoms with Gasteiger partial charge in [-0.3, -0.25) is 9.59 Å². The molecule has 4 unspecified atom stereocenters. The maximum atomic E-state index is 13.2. The number of rotatable bonds is 5. The molecule has 0 bridgehead atoms. The third kappa shape index (κ3) is 3.64. The Hall–Kier alpha value is -2.62. The fraction of sp³-hybridized carbons (Fsp3) is 0.500. The van der Waals surface area contributed by atoms with Gasteiger partial charge in [0.2, 0.25) is 0 Å². The fourth-order valence-electron chi connectivity index (χ4n) is 6.79. The largest absolute Gasteiger partial charge is 0.489 e. The minimum absolute atomic E-state index is 0.175. The highest BCUT2D eigenvalue weighted by atomic mass is 16.5. The minimum atomic E-state index is -0.282. The van der Waals surface area contributed by atoms with E-state index >= 15 is 0 Å². The van der Waals surface area contributed by atoms with Gasteiger partial charge in [0.25, 0.3) is 0 Å². The van der Waals surface area contributed by atoms with Crippen molar-refractivity contribution < 1.29 is 19.1 Å². The summed E-state index contributed by atoms with van der Waals surface area (Å²) in [6.45, 7) is 2.74. The molecule has 5 rings (SSSR count). The van der Waals surface area contributed by atoms with E-state index < -0.39 is 0 Å². The first kappa shape index (κ1) is 21.2. The molecule has 3 aliphatic rings. The second kappa shape index (κ2) is 8.38. The van der Waals surface area contributed by atoms with E-state index in [0.29, 0.717) is 30.1 Å². The Bertz CT molecular complexity index is 1010. The van der Waals surface area contributed by atoms with Crippen molar-refractivity contribution in [2.24, 2.45) is 23.2 Å². The Balaban J connectivity index is 1.32. The molecule has 2 saturated carbocycles. The summed E-state index contributed by atoms with van der Waals surface area (Å²) >= 11 is 0. The van der Waals surface area contributed by atoms with Gasteiger partial charge in [-0.15, -0.1) is 0 Å². The highest BCUT2D eigenvalue weighted by molar-refractivity contribution is 5.92. The van der Waals surface area contributed by atoms with Gasteiger partial charge < -0.3 is 9.47 Å². The second-order valence-corrected chi connectivity index (χ2v) is 10.1. The van der Waals surface area contributed by atoms with Crippen molar-refractivity contribution in [2.45, 2.75) is 58.0 Å². The lowest BCUT2D eigenvalue weighted by Gasteiger charge is -2.48. The first-order valence-electron chi connectivity index (χ1n) is 11.9. The standard InChI is InChI=1S/C28H32O4/c1-28-13-12-23-22-11-9-21(32-17-18-6-4-3-5-7-18)14-19(22)8-10-24(23)25(28)15-20(27(28)30)16-26(29)31-2/h3-7,9,11,14,20,23-25H,8,10,12-13,15-17H2,1-2H3/t20?,23?,24?,25?,28-/m0/s1. The van der Waals surface area contributed by atoms with Crippen LogP contribution >= 0.6 is 0 Å². The zero-order valence-corrected chi connectivity index (χ0v) is 19.0. The molecule has 0 aliphatic heterocycles. The number of carbonyl (C=O) groups is 2. The van der Waals surface area contributed by atoms with Crippen LogP contribution < -0.4 is 4.74 Å². The summed E-state index contributed by atoms with van der Waals surface area (Å²) < 4.78 is 10.9. The molecule has 5 atom stereocenters. The zero-order valence-electron chi connectivity index (χ0n) is 19.0. The molecule has 168 valence electrons. The molecule has 32 heavy (non-hydrogen) atoms. The van der Waals surface area contributed by atoms with Crippen LogP contribution in [0.3, 0.4) is 0 Å². The number of hydrogen-bond donors (Lipinski definition) is 0. The number of ketones is 1. The summed E-state index contributed by atoms with van der Waals surface area (Å²) in [5, 5.41) is 0. The molecule has 4 heteroatoms. The van der Waals surface area contributed by atoms with E-state index in [1.54, 1.807) is 0 Å². The van der Waals surface area contributed by atoms with Gasteiger partial charge in [-0.1, -0.05) is 43.3 Å². The van der Waals surface area contributed by atoms with Crippen LogP contribution in [0.1, 0.15) is 61.6 Å². The molecule has 3 aliphatic carbocycles. The summed E-state index contributed by atoms with van der Waals surface area (Å²) in [5.41, 5.74) is 3.73. The van der Waals surface area contributed by atoms with Crippen molar-refractivity contribution in [1.82, 2.24) is 0 Å². The van der Waals surface area contributed by atoms with Gasteiger partial charge in [-0.2, -0.15) is 0 Å². The number of methoxy groups -OCH3 is 1. The van der Waals surface area contributed by atoms with Crippen molar-refractivity contribution >= 4 is 11.8 Å². The Morgan fingerprint density at radius 1 is 1.12 bits per heavy atom. The van der Waals surface area contributed by atoms with Gasteiger partial charge in [0.15, 0.2) is 0 Å². The van der Waals surface area contributed by atoms with E-state index in [1.807, 2.05) is 18.2 Å². The van der Waals surface area contributed by atoms with Gasteiger partial charge in [0, 0.05) is 11.3 Å². The summed E-state index contributed by atoms with van der Waals surface area (Å²) in [5.74, 6) is 2.17. The third-order valence-electron chi connectivity index (χ3n) is 8.45. The van der Waals surface area contributed by atoms with Gasteiger partial charge in [-0.25, -0.2) is 0 Å². The monoisotopic (exact) mass is 432 g/mol. The predicted molar refractivity (Wildman–Crippen MR) is 122 cm³/mol. The van der Waals surface area contributed by atoms with E-state index in [-0.39, 0.29) is 23.7 Å². The number of benzene rings is 2. The quantitative estimate of drug-likeness (QED) is 0.587. The number of carbonyl (C=O) groups excluding carboxylic acids is 2. The Morgan fingerprint density at radius 2 is 1.94 bits per heavy atom. The molecule has 2 aromatic rings. The maximum Gasteiger partial charge on any atom is 0.306 e. The summed E-state index contributed by atoms with van der Waals surface area (Å²) in [7, 11) is 1.41. The van der Waals surface area contributed by atoms with Crippen LogP contribution in [-0.2, 0) is 27.4 Å². The molecule has 0 heterocycles. The van der Waals surface area contributed by atoms with Crippen LogP contribution in [0.4, 0.5) is 0 Å². The molecule has 0 radical (unpaired) electrons. The van der Waals surface area contributed by atoms with Crippen LogP contribution in [0.15, 0.2) is 48.5 Å². The van der Waals surface area contributed by atoms with E-state index in [2.05, 4.69) is 37.3 Å². The van der Waals surface area contributed by atoms with Gasteiger partial charge >= 0.3 is 5.97 Å². The Labute approximate surface area is 190 Å². The highest BCUT2D eigenvalue weighted by Crippen LogP contribution is 2.61. The number of aryl methyl sites for hydroxylation is 1. The number of ether oxygens (including phenoxy) is 2. The first-order valence-corrected chi connectivity index (χ1v) is 11.9. The van der Waals surface area contributed by atoms with Crippen molar-refractivity contribution in [2.75, 3.05) is 7.11 Å². The molecule has 2 aromatic carbocycles. The minimum Gasteiger partial charge on any atom is -0.489 e. The van der Waals surface area contributed by atoms with Gasteiger partial charge in [0.05, 0.1) is 13.5 Å². The lowest BCUT2D eigenvalue weighted by molar-refractivity contribution is -0.144. The normalized spacial score (nSPS) is 30.8. The number of esters is 1. The molecule has 2 fully saturated rings. The number of hydrogen-bond acceptors (Lipinski definition) is 4. The molecule has 0 amide bonds. The summed E-state index contributed by atoms with van der Waals surface area (Å²) in [4.78, 5) is 25.1. The van der Waals surface area contributed by atoms with E-state index in [9.17, 15) is 9.59 Å². The molecule has 0 spiro atoms. The van der Waals surface area contributed by atoms with Crippen LogP contribution in [0, 0.1) is 23.2 Å². The maximum absolute atomic E-state index is 13.2. The predicted octanol–water partition coefficient (Wildman–Crippen LogP) is 5.48. The lowest BCUT2D eigenvalue weighted by Crippen LogP contribution is -2.42. The Morgan fingerprint density at radius 3 is 2.72 bits per heavy atom. The highest BCUT2D eigenvalue weighted by Gasteiger charge is 2.58. The summed E-state index contributed by atoms with van der Waals surface area (Å²) in [6, 6.07) is 16.8. The molecule has 4 nitrogen and oxygen atoms in total. The average molecular weight is 433 g/mol. The SMILES string of the molecule is COC(=O)CC1CC2C3CCc4cc(OCc5ccccc5)ccc4C3CC[C@]2(C)C1=O. The Kier molecular flexibility index (Phi) is 5.56. The van der Waals surface area contributed by atoms with E-state index in [1.165, 1.54) is 23.8 Å². The van der Waals surface area contributed by atoms with Gasteiger partial charge in [-0.05, 0) is 78.7 Å².